The molecule has 0 aliphatic carbocycles. The SMILES string of the molecule is FC(F)(F)C(F)(F)C(F)(F)C(F)(F)CC[P+](c1ccccc1)(c1ccccc1)c1ccccc1.[I-]. The van der Waals surface area contributed by atoms with E-state index in [2.05, 4.69) is 0 Å². The molecule has 3 aromatic rings. The highest BCUT2D eigenvalue weighted by molar-refractivity contribution is 7.95. The zero-order chi connectivity index (χ0) is 25.3. The predicted molar refractivity (Wildman–Crippen MR) is 116 cm³/mol. The van der Waals surface area contributed by atoms with E-state index < -0.39 is 43.8 Å². The molecule has 0 atom stereocenters. The van der Waals surface area contributed by atoms with Crippen molar-refractivity contribution in [3.05, 3.63) is 91.0 Å². The third-order valence-corrected chi connectivity index (χ3v) is 10.00. The molecular weight excluding hydrogens is 617 g/mol. The Labute approximate surface area is 213 Å². The number of halogens is 10. The molecule has 0 aromatic heterocycles. The minimum atomic E-state index is -6.91. The standard InChI is InChI=1S/C24H19F9P.HI/c25-21(26,22(27,28)23(29,30)24(31,32)33)16-17-34(18-10-4-1-5-11-18,19-12-6-2-7-13-19)20-14-8-3-9-15-20;/h1-15H,16-17H2;1H/q+1;/p-1. The molecule has 35 heavy (non-hydrogen) atoms. The maximum Gasteiger partial charge on any atom is 0.460 e. The van der Waals surface area contributed by atoms with Gasteiger partial charge in [0.15, 0.2) is 0 Å². The van der Waals surface area contributed by atoms with Crippen LogP contribution in [0.4, 0.5) is 39.5 Å². The lowest BCUT2D eigenvalue weighted by Gasteiger charge is -2.35. The Bertz CT molecular complexity index is 976. The van der Waals surface area contributed by atoms with Crippen molar-refractivity contribution in [3.63, 3.8) is 0 Å². The van der Waals surface area contributed by atoms with E-state index >= 15 is 0 Å². The summed E-state index contributed by atoms with van der Waals surface area (Å²) in [4.78, 5) is 0. The number of hydrogen-bond acceptors (Lipinski definition) is 0. The number of rotatable bonds is 8. The van der Waals surface area contributed by atoms with Gasteiger partial charge in [0.25, 0.3) is 0 Å². The van der Waals surface area contributed by atoms with E-state index in [4.69, 9.17) is 0 Å². The molecule has 0 radical (unpaired) electrons. The summed E-state index contributed by atoms with van der Waals surface area (Å²) in [6.45, 7) is 0. The van der Waals surface area contributed by atoms with Gasteiger partial charge in [-0.25, -0.2) is 0 Å². The van der Waals surface area contributed by atoms with Crippen molar-refractivity contribution in [2.24, 2.45) is 0 Å². The summed E-state index contributed by atoms with van der Waals surface area (Å²) < 4.78 is 122. The fourth-order valence-corrected chi connectivity index (χ4v) is 8.08. The van der Waals surface area contributed by atoms with E-state index in [0.717, 1.165) is 0 Å². The van der Waals surface area contributed by atoms with E-state index in [1.54, 1.807) is 91.0 Å². The molecule has 0 saturated carbocycles. The van der Waals surface area contributed by atoms with Crippen LogP contribution in [-0.2, 0) is 0 Å². The Hall–Kier alpha value is -1.81. The average molecular weight is 636 g/mol. The maximum atomic E-state index is 14.6. The minimum Gasteiger partial charge on any atom is -1.00 e. The van der Waals surface area contributed by atoms with Crippen molar-refractivity contribution in [2.45, 2.75) is 30.4 Å². The zero-order valence-electron chi connectivity index (χ0n) is 17.8. The average Bonchev–Trinajstić information content (AvgIpc) is 2.80. The molecule has 0 fully saturated rings. The summed E-state index contributed by atoms with van der Waals surface area (Å²) in [5, 5.41) is 1.48. The highest BCUT2D eigenvalue weighted by Crippen LogP contribution is 2.60. The highest BCUT2D eigenvalue weighted by atomic mass is 127. The van der Waals surface area contributed by atoms with Crippen LogP contribution in [0, 0.1) is 0 Å². The first-order valence-electron chi connectivity index (χ1n) is 10.0. The van der Waals surface area contributed by atoms with Crippen molar-refractivity contribution >= 4 is 23.2 Å². The van der Waals surface area contributed by atoms with Crippen molar-refractivity contribution < 1.29 is 63.5 Å². The van der Waals surface area contributed by atoms with E-state index in [1.807, 2.05) is 0 Å². The van der Waals surface area contributed by atoms with Gasteiger partial charge in [-0.15, -0.1) is 0 Å². The number of hydrogen-bond donors (Lipinski definition) is 0. The van der Waals surface area contributed by atoms with E-state index in [-0.39, 0.29) is 24.0 Å². The lowest BCUT2D eigenvalue weighted by Crippen LogP contribution is -3.00. The van der Waals surface area contributed by atoms with E-state index in [9.17, 15) is 39.5 Å². The van der Waals surface area contributed by atoms with Crippen LogP contribution in [0.5, 0.6) is 0 Å². The van der Waals surface area contributed by atoms with Crippen molar-refractivity contribution in [2.75, 3.05) is 6.16 Å². The molecule has 3 rings (SSSR count). The second-order valence-corrected chi connectivity index (χ2v) is 11.3. The van der Waals surface area contributed by atoms with Crippen LogP contribution < -0.4 is 39.9 Å². The topological polar surface area (TPSA) is 0 Å². The Morgan fingerprint density at radius 3 is 1.09 bits per heavy atom. The molecule has 0 aliphatic rings. The van der Waals surface area contributed by atoms with Crippen molar-refractivity contribution in [3.8, 4) is 0 Å². The van der Waals surface area contributed by atoms with Gasteiger partial charge in [0.05, 0.1) is 12.6 Å². The fraction of sp³-hybridized carbons (Fsp3) is 0.250. The van der Waals surface area contributed by atoms with Crippen LogP contribution in [0.25, 0.3) is 0 Å². The highest BCUT2D eigenvalue weighted by Gasteiger charge is 2.81. The second-order valence-electron chi connectivity index (χ2n) is 7.64. The molecule has 0 N–H and O–H groups in total. The molecule has 11 heteroatoms. The van der Waals surface area contributed by atoms with Crippen LogP contribution in [0.1, 0.15) is 6.42 Å². The molecule has 0 aliphatic heterocycles. The van der Waals surface area contributed by atoms with Crippen LogP contribution in [-0.4, -0.2) is 30.1 Å². The molecule has 0 saturated heterocycles. The molecule has 0 nitrogen and oxygen atoms in total. The van der Waals surface area contributed by atoms with E-state index in [1.165, 1.54) is 0 Å². The fourth-order valence-electron chi connectivity index (χ4n) is 3.75. The summed E-state index contributed by atoms with van der Waals surface area (Å²) >= 11 is 0. The maximum absolute atomic E-state index is 14.6. The summed E-state index contributed by atoms with van der Waals surface area (Å²) in [6, 6.07) is 24.3. The van der Waals surface area contributed by atoms with Crippen molar-refractivity contribution in [1.82, 2.24) is 0 Å². The first-order valence-corrected chi connectivity index (χ1v) is 12.0. The van der Waals surface area contributed by atoms with Gasteiger partial charge in [0.2, 0.25) is 0 Å². The Morgan fingerprint density at radius 2 is 0.800 bits per heavy atom. The van der Waals surface area contributed by atoms with Crippen LogP contribution in [0.2, 0.25) is 0 Å². The lowest BCUT2D eigenvalue weighted by atomic mass is 10.0. The second kappa shape index (κ2) is 10.7. The molecule has 0 bridgehead atoms. The third-order valence-electron chi connectivity index (χ3n) is 5.56. The minimum absolute atomic E-state index is 0. The first-order chi connectivity index (χ1) is 15.8. The predicted octanol–water partition coefficient (Wildman–Crippen LogP) is 3.84. The molecule has 190 valence electrons. The summed E-state index contributed by atoms with van der Waals surface area (Å²) in [5.41, 5.74) is 0. The Kier molecular flexibility index (Phi) is 8.96. The molecule has 0 spiro atoms. The van der Waals surface area contributed by atoms with Gasteiger partial charge >= 0.3 is 23.9 Å². The molecule has 3 aromatic carbocycles. The summed E-state index contributed by atoms with van der Waals surface area (Å²) in [6.07, 6.45) is -9.50. The number of benzene rings is 3. The Balaban J connectivity index is 0.00000432. The monoisotopic (exact) mass is 636 g/mol. The van der Waals surface area contributed by atoms with E-state index in [0.29, 0.717) is 15.9 Å². The quantitative estimate of drug-likeness (QED) is 0.201. The van der Waals surface area contributed by atoms with Crippen LogP contribution in [0.3, 0.4) is 0 Å². The molecule has 0 unspecified atom stereocenters. The van der Waals surface area contributed by atoms with Crippen molar-refractivity contribution in [1.29, 1.82) is 0 Å². The lowest BCUT2D eigenvalue weighted by molar-refractivity contribution is -0.396. The Morgan fingerprint density at radius 1 is 0.486 bits per heavy atom. The molecule has 0 amide bonds. The van der Waals surface area contributed by atoms with Gasteiger partial charge in [-0.2, -0.15) is 39.5 Å². The van der Waals surface area contributed by atoms with Gasteiger partial charge in [0, 0.05) is 0 Å². The van der Waals surface area contributed by atoms with Gasteiger partial charge in [-0.3, -0.25) is 0 Å². The van der Waals surface area contributed by atoms with Gasteiger partial charge < -0.3 is 24.0 Å². The zero-order valence-corrected chi connectivity index (χ0v) is 20.9. The summed E-state index contributed by atoms with van der Waals surface area (Å²) in [7, 11) is -3.15. The van der Waals surface area contributed by atoms with Crippen LogP contribution >= 0.6 is 7.26 Å². The van der Waals surface area contributed by atoms with Gasteiger partial charge in [-0.1, -0.05) is 54.6 Å². The van der Waals surface area contributed by atoms with Gasteiger partial charge in [0.1, 0.15) is 23.2 Å². The summed E-state index contributed by atoms with van der Waals surface area (Å²) in [5.74, 6) is -19.2. The number of alkyl halides is 9. The largest absolute Gasteiger partial charge is 1.00 e. The normalized spacial score (nSPS) is 13.3. The third kappa shape index (κ3) is 5.33. The smallest absolute Gasteiger partial charge is 0.460 e. The van der Waals surface area contributed by atoms with Crippen LogP contribution in [0.15, 0.2) is 91.0 Å². The molecular formula is C24H19F9IP. The van der Waals surface area contributed by atoms with Gasteiger partial charge in [-0.05, 0) is 36.4 Å². The molecule has 0 heterocycles. The first kappa shape index (κ1) is 29.4.